The Morgan fingerprint density at radius 3 is 2.33 bits per heavy atom. The summed E-state index contributed by atoms with van der Waals surface area (Å²) in [4.78, 5) is 10.9. The second-order valence-electron chi connectivity index (χ2n) is 6.21. The number of hydrogen-bond acceptors (Lipinski definition) is 3. The van der Waals surface area contributed by atoms with Gasteiger partial charge in [-0.15, -0.1) is 0 Å². The van der Waals surface area contributed by atoms with Crippen LogP contribution >= 0.6 is 0 Å². The minimum Gasteiger partial charge on any atom is -0.390 e. The molecule has 0 aliphatic heterocycles. The van der Waals surface area contributed by atoms with E-state index in [4.69, 9.17) is 5.73 Å². The molecule has 0 saturated heterocycles. The topological polar surface area (TPSA) is 63.3 Å². The first-order chi connectivity index (χ1) is 7.05. The van der Waals surface area contributed by atoms with E-state index in [2.05, 4.69) is 0 Å². The molecular weight excluding hydrogens is 190 g/mol. The third kappa shape index (κ3) is 1.29. The first kappa shape index (κ1) is 9.79. The molecule has 3 heteroatoms. The molecule has 3 nitrogen and oxygen atoms in total. The number of carbonyl (C=O) groups excluding carboxylic acids is 1. The van der Waals surface area contributed by atoms with Gasteiger partial charge in [0.2, 0.25) is 0 Å². The quantitative estimate of drug-likeness (QED) is 0.662. The predicted octanol–water partition coefficient (Wildman–Crippen LogP) is 0.844. The number of aliphatic hydroxyl groups is 1. The molecule has 0 unspecified atom stereocenters. The van der Waals surface area contributed by atoms with E-state index in [1.165, 1.54) is 6.42 Å². The average Bonchev–Trinajstić information content (AvgIpc) is 2.12. The Labute approximate surface area is 90.0 Å². The van der Waals surface area contributed by atoms with Gasteiger partial charge in [0.1, 0.15) is 6.29 Å². The van der Waals surface area contributed by atoms with Gasteiger partial charge in [0.15, 0.2) is 0 Å². The van der Waals surface area contributed by atoms with Crippen LogP contribution in [0.1, 0.15) is 38.5 Å². The summed E-state index contributed by atoms with van der Waals surface area (Å²) in [7, 11) is 0. The highest BCUT2D eigenvalue weighted by Gasteiger charge is 2.58. The fraction of sp³-hybridized carbons (Fsp3) is 0.917. The maximum absolute atomic E-state index is 10.9. The van der Waals surface area contributed by atoms with Gasteiger partial charge in [0.25, 0.3) is 0 Å². The summed E-state index contributed by atoms with van der Waals surface area (Å²) >= 11 is 0. The molecule has 4 bridgehead atoms. The standard InChI is InChI=1S/C12H19NO2/c13-10(6-14)11-2-8-1-9(3-11)5-12(15,4-8)7-11/h6,8-10,15H,1-5,7,13H2/t8-,9-,10+,11?,12?/m0/s1. The van der Waals surface area contributed by atoms with E-state index in [0.29, 0.717) is 11.8 Å². The molecule has 84 valence electrons. The Morgan fingerprint density at radius 1 is 1.27 bits per heavy atom. The van der Waals surface area contributed by atoms with Crippen LogP contribution in [-0.4, -0.2) is 23.0 Å². The van der Waals surface area contributed by atoms with Crippen molar-refractivity contribution in [2.75, 3.05) is 0 Å². The van der Waals surface area contributed by atoms with Crippen LogP contribution in [0.5, 0.6) is 0 Å². The van der Waals surface area contributed by atoms with Crippen molar-refractivity contribution in [2.24, 2.45) is 23.0 Å². The molecular formula is C12H19NO2. The van der Waals surface area contributed by atoms with Gasteiger partial charge in [0.05, 0.1) is 11.6 Å². The lowest BCUT2D eigenvalue weighted by molar-refractivity contribution is -0.170. The smallest absolute Gasteiger partial charge is 0.137 e. The zero-order valence-electron chi connectivity index (χ0n) is 8.98. The largest absolute Gasteiger partial charge is 0.390 e. The van der Waals surface area contributed by atoms with Crippen LogP contribution in [0, 0.1) is 17.3 Å². The van der Waals surface area contributed by atoms with E-state index in [1.807, 2.05) is 0 Å². The Kier molecular flexibility index (Phi) is 1.85. The summed E-state index contributed by atoms with van der Waals surface area (Å²) in [6.45, 7) is 0. The van der Waals surface area contributed by atoms with Crippen LogP contribution in [-0.2, 0) is 4.79 Å². The highest BCUT2D eigenvalue weighted by atomic mass is 16.3. The molecule has 0 aromatic rings. The average molecular weight is 209 g/mol. The summed E-state index contributed by atoms with van der Waals surface area (Å²) in [5.41, 5.74) is 5.39. The fourth-order valence-electron chi connectivity index (χ4n) is 4.82. The first-order valence-corrected chi connectivity index (χ1v) is 5.99. The van der Waals surface area contributed by atoms with E-state index in [9.17, 15) is 9.90 Å². The second kappa shape index (κ2) is 2.83. The van der Waals surface area contributed by atoms with Gasteiger partial charge < -0.3 is 15.6 Å². The minimum atomic E-state index is -0.495. The molecule has 0 amide bonds. The summed E-state index contributed by atoms with van der Waals surface area (Å²) in [6.07, 6.45) is 6.89. The first-order valence-electron chi connectivity index (χ1n) is 5.99. The summed E-state index contributed by atoms with van der Waals surface area (Å²) < 4.78 is 0. The van der Waals surface area contributed by atoms with Crippen LogP contribution in [0.15, 0.2) is 0 Å². The molecule has 0 radical (unpaired) electrons. The normalized spacial score (nSPS) is 54.3. The second-order valence-corrected chi connectivity index (χ2v) is 6.21. The maximum Gasteiger partial charge on any atom is 0.137 e. The Hall–Kier alpha value is -0.410. The molecule has 3 N–H and O–H groups in total. The SMILES string of the molecule is N[C@H](C=O)C12C[C@@H]3C[C@H](CC(O)(C3)C1)C2. The van der Waals surface area contributed by atoms with Gasteiger partial charge in [0, 0.05) is 0 Å². The highest BCUT2D eigenvalue weighted by Crippen LogP contribution is 2.62. The summed E-state index contributed by atoms with van der Waals surface area (Å²) in [6, 6.07) is -0.366. The fourth-order valence-corrected chi connectivity index (χ4v) is 4.82. The van der Waals surface area contributed by atoms with Gasteiger partial charge in [-0.25, -0.2) is 0 Å². The van der Waals surface area contributed by atoms with Crippen LogP contribution in [0.2, 0.25) is 0 Å². The summed E-state index contributed by atoms with van der Waals surface area (Å²) in [5, 5.41) is 10.4. The molecule has 0 aromatic heterocycles. The monoisotopic (exact) mass is 209 g/mol. The van der Waals surface area contributed by atoms with Crippen molar-refractivity contribution in [1.29, 1.82) is 0 Å². The Balaban J connectivity index is 1.95. The van der Waals surface area contributed by atoms with E-state index >= 15 is 0 Å². The van der Waals surface area contributed by atoms with E-state index in [0.717, 1.165) is 38.4 Å². The van der Waals surface area contributed by atoms with E-state index in [1.54, 1.807) is 0 Å². The molecule has 4 saturated carbocycles. The Bertz CT molecular complexity index is 288. The third-order valence-corrected chi connectivity index (χ3v) is 4.93. The number of nitrogens with two attached hydrogens (primary N) is 1. The lowest BCUT2D eigenvalue weighted by atomic mass is 9.46. The molecule has 4 aliphatic rings. The Morgan fingerprint density at radius 2 is 1.87 bits per heavy atom. The third-order valence-electron chi connectivity index (χ3n) is 4.93. The molecule has 0 aromatic carbocycles. The lowest BCUT2D eigenvalue weighted by Gasteiger charge is -2.61. The molecule has 4 aliphatic carbocycles. The van der Waals surface area contributed by atoms with E-state index < -0.39 is 5.60 Å². The van der Waals surface area contributed by atoms with Crippen molar-refractivity contribution >= 4 is 6.29 Å². The van der Waals surface area contributed by atoms with Crippen molar-refractivity contribution < 1.29 is 9.90 Å². The van der Waals surface area contributed by atoms with Gasteiger partial charge >= 0.3 is 0 Å². The van der Waals surface area contributed by atoms with Crippen molar-refractivity contribution in [3.8, 4) is 0 Å². The summed E-state index contributed by atoms with van der Waals surface area (Å²) in [5.74, 6) is 1.23. The number of aldehydes is 1. The number of carbonyl (C=O) groups is 1. The zero-order chi connectivity index (χ0) is 10.7. The number of hydrogen-bond donors (Lipinski definition) is 2. The lowest BCUT2D eigenvalue weighted by Crippen LogP contribution is -2.61. The molecule has 4 fully saturated rings. The van der Waals surface area contributed by atoms with Gasteiger partial charge in [-0.2, -0.15) is 0 Å². The van der Waals surface area contributed by atoms with Crippen molar-refractivity contribution in [1.82, 2.24) is 0 Å². The minimum absolute atomic E-state index is 0.0689. The van der Waals surface area contributed by atoms with Gasteiger partial charge in [-0.3, -0.25) is 0 Å². The predicted molar refractivity (Wildman–Crippen MR) is 56.1 cm³/mol. The molecule has 3 atom stereocenters. The number of rotatable bonds is 2. The van der Waals surface area contributed by atoms with Crippen molar-refractivity contribution in [3.05, 3.63) is 0 Å². The van der Waals surface area contributed by atoms with Gasteiger partial charge in [-0.1, -0.05) is 0 Å². The van der Waals surface area contributed by atoms with Crippen molar-refractivity contribution in [2.45, 2.75) is 50.2 Å². The highest BCUT2D eigenvalue weighted by molar-refractivity contribution is 5.59. The van der Waals surface area contributed by atoms with Crippen LogP contribution in [0.4, 0.5) is 0 Å². The molecule has 0 spiro atoms. The molecule has 4 rings (SSSR count). The van der Waals surface area contributed by atoms with Crippen molar-refractivity contribution in [3.63, 3.8) is 0 Å². The molecule has 0 heterocycles. The van der Waals surface area contributed by atoms with Crippen LogP contribution in [0.25, 0.3) is 0 Å². The molecule has 15 heavy (non-hydrogen) atoms. The zero-order valence-corrected chi connectivity index (χ0v) is 8.98. The van der Waals surface area contributed by atoms with Gasteiger partial charge in [-0.05, 0) is 55.8 Å². The maximum atomic E-state index is 10.9. The van der Waals surface area contributed by atoms with E-state index in [-0.39, 0.29) is 11.5 Å². The van der Waals surface area contributed by atoms with Crippen LogP contribution < -0.4 is 5.73 Å². The van der Waals surface area contributed by atoms with Crippen LogP contribution in [0.3, 0.4) is 0 Å².